The van der Waals surface area contributed by atoms with E-state index in [2.05, 4.69) is 18.7 Å². The van der Waals surface area contributed by atoms with Crippen LogP contribution in [0.3, 0.4) is 0 Å². The Labute approximate surface area is 128 Å². The van der Waals surface area contributed by atoms with Crippen LogP contribution in [0.4, 0.5) is 0 Å². The maximum absolute atomic E-state index is 12.6. The number of unbranched alkanes of at least 4 members (excludes halogenated alkanes) is 2. The van der Waals surface area contributed by atoms with Crippen molar-refractivity contribution in [2.45, 2.75) is 58.4 Å². The molecule has 0 aromatic heterocycles. The van der Waals surface area contributed by atoms with E-state index in [0.717, 1.165) is 51.6 Å². The Bertz CT molecular complexity index is 295. The summed E-state index contributed by atoms with van der Waals surface area (Å²) in [7, 11) is -3.43. The Hall–Kier alpha value is 0.0300. The van der Waals surface area contributed by atoms with Crippen molar-refractivity contribution in [2.75, 3.05) is 33.0 Å². The van der Waals surface area contributed by atoms with Crippen LogP contribution < -0.4 is 5.73 Å². The summed E-state index contributed by atoms with van der Waals surface area (Å²) in [6.45, 7) is 6.95. The summed E-state index contributed by atoms with van der Waals surface area (Å²) < 4.78 is 28.8. The number of nitrogens with zero attached hydrogens (tertiary/aromatic N) is 1. The van der Waals surface area contributed by atoms with Crippen molar-refractivity contribution in [3.8, 4) is 0 Å². The molecule has 0 aromatic carbocycles. The summed E-state index contributed by atoms with van der Waals surface area (Å²) in [5.41, 5.74) is 5.87. The molecule has 0 bridgehead atoms. The molecular formula is C14H31N2O4P. The first-order valence-corrected chi connectivity index (χ1v) is 9.57. The number of rotatable bonds is 11. The van der Waals surface area contributed by atoms with Crippen molar-refractivity contribution in [2.24, 2.45) is 5.73 Å². The van der Waals surface area contributed by atoms with Gasteiger partial charge in [-0.2, -0.15) is 0 Å². The van der Waals surface area contributed by atoms with Crippen LogP contribution in [0.1, 0.15) is 52.4 Å². The summed E-state index contributed by atoms with van der Waals surface area (Å²) in [5, 5.41) is 0. The van der Waals surface area contributed by atoms with Crippen LogP contribution in [-0.4, -0.2) is 44.0 Å². The minimum absolute atomic E-state index is 0.273. The van der Waals surface area contributed by atoms with Crippen molar-refractivity contribution >= 4 is 7.82 Å². The first-order chi connectivity index (χ1) is 10.1. The molecule has 0 radical (unpaired) electrons. The fourth-order valence-electron chi connectivity index (χ4n) is 1.99. The molecule has 0 saturated carbocycles. The third-order valence-corrected chi connectivity index (χ3v) is 4.95. The lowest BCUT2D eigenvalue weighted by molar-refractivity contribution is 0.0465. The molecule has 21 heavy (non-hydrogen) atoms. The van der Waals surface area contributed by atoms with E-state index in [1.165, 1.54) is 0 Å². The number of nitrogens with two attached hydrogens (primary N) is 1. The van der Waals surface area contributed by atoms with Crippen LogP contribution in [0.25, 0.3) is 0 Å². The molecule has 0 unspecified atom stereocenters. The maximum Gasteiger partial charge on any atom is 0.476 e. The van der Waals surface area contributed by atoms with E-state index >= 15 is 0 Å². The van der Waals surface area contributed by atoms with Gasteiger partial charge in [-0.25, -0.2) is 4.57 Å². The number of phosphoric acid groups is 1. The molecule has 0 spiro atoms. The molecular weight excluding hydrogens is 291 g/mol. The van der Waals surface area contributed by atoms with E-state index in [0.29, 0.717) is 13.2 Å². The standard InChI is InChI=1S/C14H31N2O4P/c1-3-5-11-18-21(17,19-12-6-4-2)20-13-16-9-7-14(15)8-10-16/h14H,3-13,15H2,1-2H3. The van der Waals surface area contributed by atoms with E-state index in [-0.39, 0.29) is 12.8 Å². The normalized spacial score (nSPS) is 18.2. The van der Waals surface area contributed by atoms with Gasteiger partial charge in [0.05, 0.1) is 13.2 Å². The molecule has 126 valence electrons. The van der Waals surface area contributed by atoms with E-state index in [4.69, 9.17) is 19.3 Å². The van der Waals surface area contributed by atoms with Crippen LogP contribution in [0.2, 0.25) is 0 Å². The van der Waals surface area contributed by atoms with Gasteiger partial charge in [-0.15, -0.1) is 0 Å². The summed E-state index contributed by atoms with van der Waals surface area (Å²) in [6.07, 6.45) is 5.56. The van der Waals surface area contributed by atoms with Crippen LogP contribution in [0.5, 0.6) is 0 Å². The molecule has 2 N–H and O–H groups in total. The molecule has 6 nitrogen and oxygen atoms in total. The SMILES string of the molecule is CCCCOP(=O)(OCCCC)OCN1CCC(N)CC1. The molecule has 0 atom stereocenters. The van der Waals surface area contributed by atoms with Gasteiger partial charge in [0, 0.05) is 19.1 Å². The second-order valence-corrected chi connectivity index (χ2v) is 7.20. The van der Waals surface area contributed by atoms with Gasteiger partial charge in [0.25, 0.3) is 0 Å². The van der Waals surface area contributed by atoms with Crippen molar-refractivity contribution in [1.82, 2.24) is 4.90 Å². The molecule has 0 aromatic rings. The fraction of sp³-hybridized carbons (Fsp3) is 1.00. The minimum atomic E-state index is -3.43. The Kier molecular flexibility index (Phi) is 9.73. The van der Waals surface area contributed by atoms with Gasteiger partial charge < -0.3 is 5.73 Å². The quantitative estimate of drug-likeness (QED) is 0.465. The molecule has 7 heteroatoms. The Balaban J connectivity index is 2.37. The molecule has 1 saturated heterocycles. The molecule has 1 aliphatic rings. The van der Waals surface area contributed by atoms with Gasteiger partial charge in [0.1, 0.15) is 6.73 Å². The molecule has 0 amide bonds. The second kappa shape index (κ2) is 10.7. The predicted octanol–water partition coefficient (Wildman–Crippen LogP) is 3.13. The Morgan fingerprint density at radius 2 is 1.57 bits per heavy atom. The smallest absolute Gasteiger partial charge is 0.328 e. The largest absolute Gasteiger partial charge is 0.476 e. The minimum Gasteiger partial charge on any atom is -0.328 e. The maximum atomic E-state index is 12.6. The highest BCUT2D eigenvalue weighted by Crippen LogP contribution is 2.49. The number of hydrogen-bond acceptors (Lipinski definition) is 6. The van der Waals surface area contributed by atoms with Crippen molar-refractivity contribution < 1.29 is 18.1 Å². The average Bonchev–Trinajstić information content (AvgIpc) is 2.47. The lowest BCUT2D eigenvalue weighted by Crippen LogP contribution is -2.40. The molecule has 1 aliphatic heterocycles. The summed E-state index contributed by atoms with van der Waals surface area (Å²) >= 11 is 0. The Morgan fingerprint density at radius 3 is 2.05 bits per heavy atom. The van der Waals surface area contributed by atoms with E-state index in [1.807, 2.05) is 0 Å². The highest BCUT2D eigenvalue weighted by atomic mass is 31.2. The van der Waals surface area contributed by atoms with Crippen molar-refractivity contribution in [3.05, 3.63) is 0 Å². The van der Waals surface area contributed by atoms with Crippen LogP contribution in [0.15, 0.2) is 0 Å². The van der Waals surface area contributed by atoms with Crippen LogP contribution >= 0.6 is 7.82 Å². The topological polar surface area (TPSA) is 74.0 Å². The zero-order valence-electron chi connectivity index (χ0n) is 13.5. The first kappa shape index (κ1) is 19.1. The lowest BCUT2D eigenvalue weighted by Gasteiger charge is -2.30. The van der Waals surface area contributed by atoms with Gasteiger partial charge >= 0.3 is 7.82 Å². The second-order valence-electron chi connectivity index (χ2n) is 5.53. The summed E-state index contributed by atoms with van der Waals surface area (Å²) in [4.78, 5) is 2.10. The van der Waals surface area contributed by atoms with E-state index in [9.17, 15) is 4.57 Å². The van der Waals surface area contributed by atoms with Gasteiger partial charge in [0.2, 0.25) is 0 Å². The Morgan fingerprint density at radius 1 is 1.05 bits per heavy atom. The van der Waals surface area contributed by atoms with Crippen LogP contribution in [0, 0.1) is 0 Å². The molecule has 1 fully saturated rings. The van der Waals surface area contributed by atoms with Gasteiger partial charge in [-0.1, -0.05) is 26.7 Å². The third-order valence-electron chi connectivity index (χ3n) is 3.53. The van der Waals surface area contributed by atoms with Crippen molar-refractivity contribution in [3.63, 3.8) is 0 Å². The van der Waals surface area contributed by atoms with E-state index in [1.54, 1.807) is 0 Å². The monoisotopic (exact) mass is 322 g/mol. The fourth-order valence-corrected chi connectivity index (χ4v) is 3.22. The summed E-state index contributed by atoms with van der Waals surface area (Å²) in [6, 6.07) is 0.273. The average molecular weight is 322 g/mol. The van der Waals surface area contributed by atoms with Gasteiger partial charge in [-0.3, -0.25) is 18.5 Å². The highest BCUT2D eigenvalue weighted by Gasteiger charge is 2.28. The summed E-state index contributed by atoms with van der Waals surface area (Å²) in [5.74, 6) is 0. The number of phosphoric ester groups is 1. The predicted molar refractivity (Wildman–Crippen MR) is 84.1 cm³/mol. The highest BCUT2D eigenvalue weighted by molar-refractivity contribution is 7.48. The van der Waals surface area contributed by atoms with Gasteiger partial charge in [0.15, 0.2) is 0 Å². The number of piperidine rings is 1. The van der Waals surface area contributed by atoms with Gasteiger partial charge in [-0.05, 0) is 25.7 Å². The zero-order chi connectivity index (χ0) is 15.6. The third kappa shape index (κ3) is 8.29. The van der Waals surface area contributed by atoms with Crippen LogP contribution in [-0.2, 0) is 18.1 Å². The zero-order valence-corrected chi connectivity index (χ0v) is 14.4. The molecule has 0 aliphatic carbocycles. The lowest BCUT2D eigenvalue weighted by atomic mass is 10.1. The molecule has 1 heterocycles. The number of hydrogen-bond donors (Lipinski definition) is 1. The van der Waals surface area contributed by atoms with Crippen molar-refractivity contribution in [1.29, 1.82) is 0 Å². The molecule has 1 rings (SSSR count). The van der Waals surface area contributed by atoms with E-state index < -0.39 is 7.82 Å². The number of likely N-dealkylation sites (tertiary alicyclic amines) is 1. The first-order valence-electron chi connectivity index (χ1n) is 8.11.